The van der Waals surface area contributed by atoms with Crippen LogP contribution in [0.5, 0.6) is 11.5 Å². The Hall–Kier alpha value is -2.49. The Kier molecular flexibility index (Phi) is 2.64. The van der Waals surface area contributed by atoms with Crippen LogP contribution in [-0.2, 0) is 6.42 Å². The molecular formula is C17H15NO3. The van der Waals surface area contributed by atoms with Crippen molar-refractivity contribution >= 4 is 5.91 Å². The van der Waals surface area contributed by atoms with Crippen LogP contribution in [0.4, 0.5) is 0 Å². The van der Waals surface area contributed by atoms with Gasteiger partial charge in [-0.15, -0.1) is 0 Å². The minimum atomic E-state index is 0.0494. The number of hydrogen-bond donors (Lipinski definition) is 0. The van der Waals surface area contributed by atoms with Crippen LogP contribution in [0.15, 0.2) is 36.4 Å². The Morgan fingerprint density at radius 2 is 1.90 bits per heavy atom. The van der Waals surface area contributed by atoms with Gasteiger partial charge >= 0.3 is 0 Å². The molecule has 2 aliphatic rings. The van der Waals surface area contributed by atoms with Crippen LogP contribution in [-0.4, -0.2) is 31.2 Å². The van der Waals surface area contributed by atoms with Gasteiger partial charge in [-0.2, -0.15) is 0 Å². The van der Waals surface area contributed by atoms with Gasteiger partial charge in [0.25, 0.3) is 5.91 Å². The average Bonchev–Trinajstić information content (AvgIpc) is 2.98. The summed E-state index contributed by atoms with van der Waals surface area (Å²) in [6, 6.07) is 11.8. The van der Waals surface area contributed by atoms with E-state index in [0.29, 0.717) is 5.75 Å². The predicted molar refractivity (Wildman–Crippen MR) is 78.7 cm³/mol. The maximum atomic E-state index is 12.6. The summed E-state index contributed by atoms with van der Waals surface area (Å²) in [6.45, 7) is 0.946. The van der Waals surface area contributed by atoms with E-state index in [0.717, 1.165) is 41.0 Å². The van der Waals surface area contributed by atoms with Gasteiger partial charge in [0, 0.05) is 19.2 Å². The summed E-state index contributed by atoms with van der Waals surface area (Å²) < 4.78 is 11.2. The maximum Gasteiger partial charge on any atom is 0.254 e. The predicted octanol–water partition coefficient (Wildman–Crippen LogP) is 2.71. The smallest absolute Gasteiger partial charge is 0.254 e. The normalized spacial score (nSPS) is 16.0. The molecule has 21 heavy (non-hydrogen) atoms. The third-order valence-electron chi connectivity index (χ3n) is 4.08. The summed E-state index contributed by atoms with van der Waals surface area (Å²) in [5.41, 5.74) is 3.64. The van der Waals surface area contributed by atoms with Crippen LogP contribution in [0.1, 0.15) is 15.9 Å². The second kappa shape index (κ2) is 4.52. The van der Waals surface area contributed by atoms with Crippen LogP contribution in [0.3, 0.4) is 0 Å². The van der Waals surface area contributed by atoms with Crippen molar-refractivity contribution in [3.05, 3.63) is 47.5 Å². The summed E-state index contributed by atoms with van der Waals surface area (Å²) in [5.74, 6) is 1.47. The lowest BCUT2D eigenvalue weighted by atomic mass is 9.89. The molecule has 0 aliphatic carbocycles. The van der Waals surface area contributed by atoms with Gasteiger partial charge in [0.05, 0.1) is 5.56 Å². The molecule has 0 N–H and O–H groups in total. The van der Waals surface area contributed by atoms with Crippen LogP contribution in [0.2, 0.25) is 0 Å². The topological polar surface area (TPSA) is 38.8 Å². The third kappa shape index (κ3) is 1.79. The number of ether oxygens (including phenoxy) is 2. The molecule has 0 spiro atoms. The molecule has 0 bridgehead atoms. The first-order chi connectivity index (χ1) is 10.3. The molecule has 2 heterocycles. The van der Waals surface area contributed by atoms with Crippen molar-refractivity contribution in [3.8, 4) is 22.6 Å². The lowest BCUT2D eigenvalue weighted by Gasteiger charge is -2.27. The van der Waals surface area contributed by atoms with E-state index in [2.05, 4.69) is 0 Å². The Morgan fingerprint density at radius 1 is 1.10 bits per heavy atom. The van der Waals surface area contributed by atoms with E-state index in [9.17, 15) is 4.79 Å². The summed E-state index contributed by atoms with van der Waals surface area (Å²) in [5, 5.41) is 0. The number of carbonyl (C=O) groups excluding carboxylic acids is 1. The van der Waals surface area contributed by atoms with Crippen molar-refractivity contribution in [2.24, 2.45) is 0 Å². The van der Waals surface area contributed by atoms with Crippen LogP contribution < -0.4 is 9.47 Å². The van der Waals surface area contributed by atoms with Crippen LogP contribution >= 0.6 is 0 Å². The van der Waals surface area contributed by atoms with Crippen LogP contribution in [0.25, 0.3) is 11.1 Å². The fourth-order valence-electron chi connectivity index (χ4n) is 3.00. The van der Waals surface area contributed by atoms with Gasteiger partial charge in [-0.3, -0.25) is 4.79 Å². The van der Waals surface area contributed by atoms with E-state index in [-0.39, 0.29) is 12.7 Å². The molecule has 2 aromatic carbocycles. The van der Waals surface area contributed by atoms with E-state index in [1.807, 2.05) is 43.4 Å². The molecule has 0 fully saturated rings. The van der Waals surface area contributed by atoms with Crippen molar-refractivity contribution < 1.29 is 14.3 Å². The first-order valence-corrected chi connectivity index (χ1v) is 7.02. The van der Waals surface area contributed by atoms with Crippen LogP contribution in [0, 0.1) is 0 Å². The molecule has 0 aromatic heterocycles. The van der Waals surface area contributed by atoms with E-state index in [4.69, 9.17) is 9.47 Å². The van der Waals surface area contributed by atoms with Gasteiger partial charge in [-0.05, 0) is 23.6 Å². The number of amides is 1. The minimum absolute atomic E-state index is 0.0494. The van der Waals surface area contributed by atoms with Gasteiger partial charge in [-0.25, -0.2) is 0 Å². The third-order valence-corrected chi connectivity index (χ3v) is 4.08. The molecule has 106 valence electrons. The number of hydrogen-bond acceptors (Lipinski definition) is 3. The van der Waals surface area contributed by atoms with Crippen molar-refractivity contribution in [1.29, 1.82) is 0 Å². The minimum Gasteiger partial charge on any atom is -0.454 e. The molecule has 0 saturated heterocycles. The lowest BCUT2D eigenvalue weighted by molar-refractivity contribution is 0.0781. The number of rotatable bonds is 1. The zero-order valence-corrected chi connectivity index (χ0v) is 11.8. The highest BCUT2D eigenvalue weighted by Gasteiger charge is 2.32. The largest absolute Gasteiger partial charge is 0.454 e. The number of benzene rings is 2. The van der Waals surface area contributed by atoms with Gasteiger partial charge < -0.3 is 14.4 Å². The van der Waals surface area contributed by atoms with Crippen molar-refractivity contribution in [1.82, 2.24) is 4.90 Å². The Morgan fingerprint density at radius 3 is 2.71 bits per heavy atom. The van der Waals surface area contributed by atoms with Crippen molar-refractivity contribution in [3.63, 3.8) is 0 Å². The van der Waals surface area contributed by atoms with E-state index < -0.39 is 0 Å². The van der Waals surface area contributed by atoms with Gasteiger partial charge in [0.15, 0.2) is 11.5 Å². The maximum absolute atomic E-state index is 12.6. The molecule has 1 amide bonds. The lowest BCUT2D eigenvalue weighted by Crippen LogP contribution is -2.34. The summed E-state index contributed by atoms with van der Waals surface area (Å²) in [7, 11) is 1.84. The highest BCUT2D eigenvalue weighted by molar-refractivity contribution is 6.05. The molecule has 2 aliphatic heterocycles. The summed E-state index contributed by atoms with van der Waals surface area (Å²) in [6.07, 6.45) is 0.841. The monoisotopic (exact) mass is 281 g/mol. The molecule has 4 heteroatoms. The average molecular weight is 281 g/mol. The fourth-order valence-corrected chi connectivity index (χ4v) is 3.00. The fraction of sp³-hybridized carbons (Fsp3) is 0.235. The molecule has 0 saturated carbocycles. The summed E-state index contributed by atoms with van der Waals surface area (Å²) in [4.78, 5) is 14.4. The first kappa shape index (κ1) is 12.3. The van der Waals surface area contributed by atoms with Gasteiger partial charge in [0.2, 0.25) is 6.79 Å². The molecule has 0 radical (unpaired) electrons. The van der Waals surface area contributed by atoms with Gasteiger partial charge in [-0.1, -0.05) is 30.3 Å². The second-order valence-corrected chi connectivity index (χ2v) is 5.36. The summed E-state index contributed by atoms with van der Waals surface area (Å²) >= 11 is 0. The second-order valence-electron chi connectivity index (χ2n) is 5.36. The molecule has 2 aromatic rings. The molecule has 4 nitrogen and oxygen atoms in total. The van der Waals surface area contributed by atoms with E-state index in [1.165, 1.54) is 0 Å². The first-order valence-electron chi connectivity index (χ1n) is 7.02. The quantitative estimate of drug-likeness (QED) is 0.806. The van der Waals surface area contributed by atoms with E-state index in [1.54, 1.807) is 4.90 Å². The molecular weight excluding hydrogens is 266 g/mol. The molecule has 4 rings (SSSR count). The van der Waals surface area contributed by atoms with Crippen molar-refractivity contribution in [2.75, 3.05) is 20.4 Å². The Bertz CT molecular complexity index is 725. The number of fused-ring (bicyclic) bond motifs is 2. The highest BCUT2D eigenvalue weighted by atomic mass is 16.7. The zero-order valence-electron chi connectivity index (χ0n) is 11.8. The number of nitrogens with zero attached hydrogens (tertiary/aromatic N) is 1. The van der Waals surface area contributed by atoms with Gasteiger partial charge in [0.1, 0.15) is 0 Å². The van der Waals surface area contributed by atoms with E-state index >= 15 is 0 Å². The molecule has 0 atom stereocenters. The molecule has 0 unspecified atom stereocenters. The number of carbonyl (C=O) groups is 1. The SMILES string of the molecule is CN1CCc2cc3c(c(-c4ccccc4)c2C1=O)OCO3. The Labute approximate surface area is 122 Å². The Balaban J connectivity index is 2.04. The standard InChI is InChI=1S/C17H15NO3/c1-18-8-7-12-9-13-16(21-10-20-13)14(15(12)17(18)19)11-5-3-2-4-6-11/h2-6,9H,7-8,10H2,1H3. The van der Waals surface area contributed by atoms with Crippen molar-refractivity contribution in [2.45, 2.75) is 6.42 Å². The number of likely N-dealkylation sites (N-methyl/N-ethyl adjacent to an activating group) is 1. The highest BCUT2D eigenvalue weighted by Crippen LogP contribution is 2.46. The zero-order chi connectivity index (χ0) is 14.4.